The molecule has 0 bridgehead atoms. The van der Waals surface area contributed by atoms with Crippen LogP contribution in [0, 0.1) is 6.92 Å². The monoisotopic (exact) mass is 287 g/mol. The molecule has 1 aliphatic heterocycles. The van der Waals surface area contributed by atoms with E-state index in [1.165, 1.54) is 4.88 Å². The third-order valence-electron chi connectivity index (χ3n) is 3.60. The number of nitrogens with zero attached hydrogens (tertiary/aromatic N) is 2. The number of aromatic nitrogens is 1. The lowest BCUT2D eigenvalue weighted by molar-refractivity contribution is -0.117. The Labute approximate surface area is 122 Å². The third kappa shape index (κ3) is 2.13. The average molecular weight is 287 g/mol. The highest BCUT2D eigenvalue weighted by Crippen LogP contribution is 2.34. The summed E-state index contributed by atoms with van der Waals surface area (Å²) >= 11 is 1.72. The van der Waals surface area contributed by atoms with E-state index in [0.29, 0.717) is 6.42 Å². The molecule has 0 saturated heterocycles. The third-order valence-corrected chi connectivity index (χ3v) is 4.57. The second-order valence-corrected chi connectivity index (χ2v) is 6.30. The summed E-state index contributed by atoms with van der Waals surface area (Å²) < 4.78 is 0. The van der Waals surface area contributed by atoms with Gasteiger partial charge in [-0.2, -0.15) is 0 Å². The van der Waals surface area contributed by atoms with Crippen LogP contribution in [0.2, 0.25) is 0 Å². The summed E-state index contributed by atoms with van der Waals surface area (Å²) in [4.78, 5) is 19.4. The Balaban J connectivity index is 2.00. The SMILES string of the molecule is CNCc1nc(-c2ccc3c(c2)CC(=O)N3C)c(C)s1. The van der Waals surface area contributed by atoms with Crippen LogP contribution in [-0.4, -0.2) is 25.0 Å². The van der Waals surface area contributed by atoms with Gasteiger partial charge in [-0.3, -0.25) is 4.79 Å². The first kappa shape index (κ1) is 13.3. The van der Waals surface area contributed by atoms with E-state index < -0.39 is 0 Å². The molecule has 3 rings (SSSR count). The Morgan fingerprint density at radius 1 is 1.45 bits per heavy atom. The Kier molecular flexibility index (Phi) is 3.31. The van der Waals surface area contributed by atoms with Gasteiger partial charge >= 0.3 is 0 Å². The topological polar surface area (TPSA) is 45.2 Å². The fourth-order valence-corrected chi connectivity index (χ4v) is 3.53. The number of benzene rings is 1. The lowest BCUT2D eigenvalue weighted by atomic mass is 10.1. The van der Waals surface area contributed by atoms with Crippen LogP contribution >= 0.6 is 11.3 Å². The molecular weight excluding hydrogens is 270 g/mol. The highest BCUT2D eigenvalue weighted by Gasteiger charge is 2.24. The number of amides is 1. The largest absolute Gasteiger partial charge is 0.315 e. The molecule has 0 aliphatic carbocycles. The van der Waals surface area contributed by atoms with Crippen LogP contribution in [0.25, 0.3) is 11.3 Å². The first-order valence-corrected chi connectivity index (χ1v) is 7.42. The molecule has 2 heterocycles. The summed E-state index contributed by atoms with van der Waals surface area (Å²) in [6.45, 7) is 2.88. The Morgan fingerprint density at radius 3 is 3.00 bits per heavy atom. The molecular formula is C15H17N3OS. The molecule has 1 aromatic carbocycles. The summed E-state index contributed by atoms with van der Waals surface area (Å²) in [7, 11) is 3.75. The van der Waals surface area contributed by atoms with Crippen LogP contribution in [0.1, 0.15) is 15.4 Å². The number of nitrogens with one attached hydrogen (secondary N) is 1. The van der Waals surface area contributed by atoms with Crippen molar-refractivity contribution in [1.29, 1.82) is 0 Å². The van der Waals surface area contributed by atoms with Crippen molar-refractivity contribution in [3.63, 3.8) is 0 Å². The predicted molar refractivity (Wildman–Crippen MR) is 82.2 cm³/mol. The van der Waals surface area contributed by atoms with Crippen LogP contribution in [0.5, 0.6) is 0 Å². The Hall–Kier alpha value is -1.72. The first-order valence-electron chi connectivity index (χ1n) is 6.61. The molecule has 0 saturated carbocycles. The summed E-state index contributed by atoms with van der Waals surface area (Å²) in [6.07, 6.45) is 0.492. The van der Waals surface area contributed by atoms with Gasteiger partial charge in [-0.1, -0.05) is 6.07 Å². The van der Waals surface area contributed by atoms with Crippen molar-refractivity contribution in [2.45, 2.75) is 19.9 Å². The van der Waals surface area contributed by atoms with E-state index in [9.17, 15) is 4.79 Å². The Bertz CT molecular complexity index is 678. The zero-order valence-electron chi connectivity index (χ0n) is 11.9. The minimum absolute atomic E-state index is 0.156. The van der Waals surface area contributed by atoms with Gasteiger partial charge in [0.1, 0.15) is 5.01 Å². The fourth-order valence-electron chi connectivity index (χ4n) is 2.56. The zero-order valence-corrected chi connectivity index (χ0v) is 12.7. The summed E-state index contributed by atoms with van der Waals surface area (Å²) in [5.41, 5.74) is 4.24. The van der Waals surface area contributed by atoms with Gasteiger partial charge in [0, 0.05) is 29.7 Å². The molecule has 0 unspecified atom stereocenters. The number of hydrogen-bond donors (Lipinski definition) is 1. The fraction of sp³-hybridized carbons (Fsp3) is 0.333. The summed E-state index contributed by atoms with van der Waals surface area (Å²) in [6, 6.07) is 6.17. The van der Waals surface area contributed by atoms with Crippen molar-refractivity contribution in [1.82, 2.24) is 10.3 Å². The maximum atomic E-state index is 11.7. The molecule has 0 radical (unpaired) electrons. The number of carbonyl (C=O) groups excluding carboxylic acids is 1. The minimum atomic E-state index is 0.156. The quantitative estimate of drug-likeness (QED) is 0.942. The number of likely N-dealkylation sites (N-methyl/N-ethyl adjacent to an activating group) is 1. The standard InChI is InChI=1S/C15H17N3OS/c1-9-15(17-13(20-9)8-16-2)10-4-5-12-11(6-10)7-14(19)18(12)3/h4-6,16H,7-8H2,1-3H3. The molecule has 0 spiro atoms. The van der Waals surface area contributed by atoms with Crippen LogP contribution < -0.4 is 10.2 Å². The maximum Gasteiger partial charge on any atom is 0.231 e. The molecule has 0 fully saturated rings. The molecule has 2 aromatic rings. The molecule has 1 amide bonds. The van der Waals surface area contributed by atoms with Gasteiger partial charge in [0.2, 0.25) is 5.91 Å². The van der Waals surface area contributed by atoms with Gasteiger partial charge in [-0.05, 0) is 31.7 Å². The molecule has 4 nitrogen and oxygen atoms in total. The second kappa shape index (κ2) is 5.00. The molecule has 20 heavy (non-hydrogen) atoms. The van der Waals surface area contributed by atoms with E-state index in [4.69, 9.17) is 4.98 Å². The number of carbonyl (C=O) groups is 1. The Morgan fingerprint density at radius 2 is 2.25 bits per heavy atom. The normalized spacial score (nSPS) is 13.9. The van der Waals surface area contributed by atoms with Gasteiger partial charge in [-0.15, -0.1) is 11.3 Å². The minimum Gasteiger partial charge on any atom is -0.315 e. The highest BCUT2D eigenvalue weighted by molar-refractivity contribution is 7.12. The van der Waals surface area contributed by atoms with Gasteiger partial charge in [0.05, 0.1) is 12.1 Å². The summed E-state index contributed by atoms with van der Waals surface area (Å²) in [5.74, 6) is 0.156. The lowest BCUT2D eigenvalue weighted by Gasteiger charge is -2.10. The average Bonchev–Trinajstić information content (AvgIpc) is 2.91. The van der Waals surface area contributed by atoms with Crippen LogP contribution in [0.4, 0.5) is 5.69 Å². The smallest absolute Gasteiger partial charge is 0.231 e. The molecule has 104 valence electrons. The lowest BCUT2D eigenvalue weighted by Crippen LogP contribution is -2.20. The van der Waals surface area contributed by atoms with Crippen LogP contribution in [0.15, 0.2) is 18.2 Å². The van der Waals surface area contributed by atoms with Crippen molar-refractivity contribution >= 4 is 22.9 Å². The second-order valence-electron chi connectivity index (χ2n) is 5.02. The van der Waals surface area contributed by atoms with Gasteiger partial charge in [0.25, 0.3) is 0 Å². The predicted octanol–water partition coefficient (Wildman–Crippen LogP) is 2.36. The molecule has 1 aromatic heterocycles. The first-order chi connectivity index (χ1) is 9.60. The molecule has 1 N–H and O–H groups in total. The van der Waals surface area contributed by atoms with Crippen LogP contribution in [0.3, 0.4) is 0 Å². The zero-order chi connectivity index (χ0) is 14.3. The summed E-state index contributed by atoms with van der Waals surface area (Å²) in [5, 5.41) is 4.22. The maximum absolute atomic E-state index is 11.7. The molecule has 5 heteroatoms. The highest BCUT2D eigenvalue weighted by atomic mass is 32.1. The number of rotatable bonds is 3. The van der Waals surface area contributed by atoms with Crippen molar-refractivity contribution in [3.05, 3.63) is 33.6 Å². The molecule has 1 aliphatic rings. The van der Waals surface area contributed by atoms with Gasteiger partial charge < -0.3 is 10.2 Å². The number of thiazole rings is 1. The van der Waals surface area contributed by atoms with Crippen molar-refractivity contribution in [2.24, 2.45) is 0 Å². The number of hydrogen-bond acceptors (Lipinski definition) is 4. The van der Waals surface area contributed by atoms with E-state index in [1.54, 1.807) is 16.2 Å². The van der Waals surface area contributed by atoms with E-state index in [0.717, 1.165) is 34.1 Å². The number of aryl methyl sites for hydroxylation is 1. The van der Waals surface area contributed by atoms with Crippen molar-refractivity contribution in [3.8, 4) is 11.3 Å². The van der Waals surface area contributed by atoms with Gasteiger partial charge in [-0.25, -0.2) is 4.98 Å². The van der Waals surface area contributed by atoms with E-state index in [-0.39, 0.29) is 5.91 Å². The van der Waals surface area contributed by atoms with Gasteiger partial charge in [0.15, 0.2) is 0 Å². The number of fused-ring (bicyclic) bond motifs is 1. The molecule has 0 atom stereocenters. The van der Waals surface area contributed by atoms with E-state index >= 15 is 0 Å². The van der Waals surface area contributed by atoms with Crippen molar-refractivity contribution in [2.75, 3.05) is 19.0 Å². The van der Waals surface area contributed by atoms with Crippen molar-refractivity contribution < 1.29 is 4.79 Å². The van der Waals surface area contributed by atoms with E-state index in [2.05, 4.69) is 24.4 Å². The van der Waals surface area contributed by atoms with E-state index in [1.807, 2.05) is 20.2 Å². The van der Waals surface area contributed by atoms with Crippen LogP contribution in [-0.2, 0) is 17.8 Å². The number of anilines is 1.